The topological polar surface area (TPSA) is 25.8 Å². The van der Waals surface area contributed by atoms with Crippen molar-refractivity contribution in [3.05, 3.63) is 46.0 Å². The molecule has 0 aliphatic heterocycles. The van der Waals surface area contributed by atoms with Crippen LogP contribution in [0.15, 0.2) is 24.3 Å². The highest BCUT2D eigenvalue weighted by molar-refractivity contribution is 6.33. The zero-order valence-corrected chi connectivity index (χ0v) is 9.85. The molecule has 0 aliphatic rings. The van der Waals surface area contributed by atoms with Crippen LogP contribution < -0.4 is 0 Å². The number of hydrogen-bond acceptors (Lipinski definition) is 2. The van der Waals surface area contributed by atoms with E-state index in [1.165, 1.54) is 18.2 Å². The van der Waals surface area contributed by atoms with Crippen molar-refractivity contribution in [3.63, 3.8) is 0 Å². The lowest BCUT2D eigenvalue weighted by molar-refractivity contribution is 0.628. The number of benzene rings is 1. The molecule has 2 nitrogen and oxygen atoms in total. The maximum absolute atomic E-state index is 12.9. The van der Waals surface area contributed by atoms with Gasteiger partial charge in [0.2, 0.25) is 0 Å². The van der Waals surface area contributed by atoms with Gasteiger partial charge in [0.25, 0.3) is 0 Å². The molecule has 0 amide bonds. The van der Waals surface area contributed by atoms with Crippen LogP contribution in [0.3, 0.4) is 0 Å². The zero-order valence-electron chi connectivity index (χ0n) is 8.34. The van der Waals surface area contributed by atoms with Crippen molar-refractivity contribution in [2.45, 2.75) is 6.92 Å². The van der Waals surface area contributed by atoms with Crippen molar-refractivity contribution in [3.8, 4) is 11.4 Å². The van der Waals surface area contributed by atoms with E-state index in [4.69, 9.17) is 23.2 Å². The average Bonchev–Trinajstić information content (AvgIpc) is 2.15. The zero-order chi connectivity index (χ0) is 11.7. The largest absolute Gasteiger partial charge is 0.233 e. The van der Waals surface area contributed by atoms with Crippen LogP contribution in [0.5, 0.6) is 0 Å². The minimum Gasteiger partial charge on any atom is -0.233 e. The van der Waals surface area contributed by atoms with Gasteiger partial charge in [-0.3, -0.25) is 0 Å². The second-order valence-electron chi connectivity index (χ2n) is 3.28. The minimum atomic E-state index is -0.396. The quantitative estimate of drug-likeness (QED) is 0.724. The van der Waals surface area contributed by atoms with Gasteiger partial charge in [-0.25, -0.2) is 14.4 Å². The fraction of sp³-hybridized carbons (Fsp3) is 0.0909. The van der Waals surface area contributed by atoms with Crippen LogP contribution >= 0.6 is 23.2 Å². The van der Waals surface area contributed by atoms with Crippen molar-refractivity contribution in [2.75, 3.05) is 0 Å². The Balaban J connectivity index is 2.58. The van der Waals surface area contributed by atoms with Crippen LogP contribution in [0.25, 0.3) is 11.4 Å². The van der Waals surface area contributed by atoms with Gasteiger partial charge in [0, 0.05) is 11.3 Å². The van der Waals surface area contributed by atoms with Gasteiger partial charge in [-0.05, 0) is 31.2 Å². The van der Waals surface area contributed by atoms with Crippen LogP contribution in [0.2, 0.25) is 10.2 Å². The van der Waals surface area contributed by atoms with Gasteiger partial charge in [0.15, 0.2) is 5.82 Å². The molecule has 0 unspecified atom stereocenters. The molecule has 16 heavy (non-hydrogen) atoms. The van der Waals surface area contributed by atoms with E-state index in [1.807, 2.05) is 0 Å². The van der Waals surface area contributed by atoms with Crippen LogP contribution in [0.4, 0.5) is 4.39 Å². The highest BCUT2D eigenvalue weighted by atomic mass is 35.5. The third kappa shape index (κ3) is 2.31. The van der Waals surface area contributed by atoms with E-state index in [0.29, 0.717) is 16.5 Å². The lowest BCUT2D eigenvalue weighted by Gasteiger charge is -2.04. The normalized spacial score (nSPS) is 10.5. The van der Waals surface area contributed by atoms with Crippen molar-refractivity contribution < 1.29 is 4.39 Å². The highest BCUT2D eigenvalue weighted by Crippen LogP contribution is 2.26. The Morgan fingerprint density at radius 3 is 2.50 bits per heavy atom. The second kappa shape index (κ2) is 4.36. The standard InChI is InChI=1S/C11H7Cl2FN2/c1-6-4-10(13)16-11(15-6)8-3-2-7(14)5-9(8)12/h2-5H,1H3. The van der Waals surface area contributed by atoms with E-state index in [1.54, 1.807) is 13.0 Å². The van der Waals surface area contributed by atoms with Gasteiger partial charge in [-0.2, -0.15) is 0 Å². The number of aromatic nitrogens is 2. The van der Waals surface area contributed by atoms with Crippen molar-refractivity contribution in [1.29, 1.82) is 0 Å². The van der Waals surface area contributed by atoms with E-state index < -0.39 is 5.82 Å². The summed E-state index contributed by atoms with van der Waals surface area (Å²) < 4.78 is 12.9. The number of nitrogens with zero attached hydrogens (tertiary/aromatic N) is 2. The second-order valence-corrected chi connectivity index (χ2v) is 4.07. The number of rotatable bonds is 1. The Hall–Kier alpha value is -1.19. The molecule has 2 aromatic rings. The predicted molar refractivity (Wildman–Crippen MR) is 62.2 cm³/mol. The molecular weight excluding hydrogens is 250 g/mol. The fourth-order valence-electron chi connectivity index (χ4n) is 1.32. The maximum Gasteiger partial charge on any atom is 0.162 e. The molecule has 0 N–H and O–H groups in total. The lowest BCUT2D eigenvalue weighted by Crippen LogP contribution is -1.93. The van der Waals surface area contributed by atoms with Crippen molar-refractivity contribution in [2.24, 2.45) is 0 Å². The molecule has 0 spiro atoms. The van der Waals surface area contributed by atoms with Gasteiger partial charge >= 0.3 is 0 Å². The molecule has 2 rings (SSSR count). The summed E-state index contributed by atoms with van der Waals surface area (Å²) in [6.45, 7) is 1.80. The number of aryl methyl sites for hydroxylation is 1. The molecule has 0 radical (unpaired) electrons. The molecule has 1 aromatic heterocycles. The first kappa shape index (κ1) is 11.3. The van der Waals surface area contributed by atoms with Gasteiger partial charge in [-0.1, -0.05) is 23.2 Å². The van der Waals surface area contributed by atoms with Crippen LogP contribution in [0, 0.1) is 12.7 Å². The molecule has 82 valence electrons. The SMILES string of the molecule is Cc1cc(Cl)nc(-c2ccc(F)cc2Cl)n1. The summed E-state index contributed by atoms with van der Waals surface area (Å²) in [5, 5.41) is 0.601. The van der Waals surface area contributed by atoms with Gasteiger partial charge in [0.05, 0.1) is 5.02 Å². The summed E-state index contributed by atoms with van der Waals surface area (Å²) in [4.78, 5) is 8.23. The minimum absolute atomic E-state index is 0.265. The average molecular weight is 257 g/mol. The van der Waals surface area contributed by atoms with E-state index in [-0.39, 0.29) is 5.02 Å². The number of hydrogen-bond donors (Lipinski definition) is 0. The first-order valence-electron chi connectivity index (χ1n) is 4.53. The molecule has 0 atom stereocenters. The molecule has 1 aromatic carbocycles. The molecule has 0 fully saturated rings. The molecule has 5 heteroatoms. The summed E-state index contributed by atoms with van der Waals surface area (Å²) in [6, 6.07) is 5.70. The molecule has 0 saturated carbocycles. The van der Waals surface area contributed by atoms with Crippen molar-refractivity contribution in [1.82, 2.24) is 9.97 Å². The van der Waals surface area contributed by atoms with Crippen LogP contribution in [0.1, 0.15) is 5.69 Å². The number of halogens is 3. The Kier molecular flexibility index (Phi) is 3.08. The monoisotopic (exact) mass is 256 g/mol. The molecular formula is C11H7Cl2FN2. The van der Waals surface area contributed by atoms with Gasteiger partial charge < -0.3 is 0 Å². The van der Waals surface area contributed by atoms with Gasteiger partial charge in [-0.15, -0.1) is 0 Å². The van der Waals surface area contributed by atoms with Gasteiger partial charge in [0.1, 0.15) is 11.0 Å². The first-order chi connectivity index (χ1) is 7.56. The summed E-state index contributed by atoms with van der Waals surface area (Å²) in [6.07, 6.45) is 0. The third-order valence-corrected chi connectivity index (χ3v) is 2.50. The smallest absolute Gasteiger partial charge is 0.162 e. The lowest BCUT2D eigenvalue weighted by atomic mass is 10.2. The third-order valence-electron chi connectivity index (χ3n) is 1.99. The van der Waals surface area contributed by atoms with E-state index in [9.17, 15) is 4.39 Å². The van der Waals surface area contributed by atoms with Crippen LogP contribution in [-0.4, -0.2) is 9.97 Å². The maximum atomic E-state index is 12.9. The predicted octanol–water partition coefficient (Wildman–Crippen LogP) is 3.90. The molecule has 1 heterocycles. The molecule has 0 saturated heterocycles. The van der Waals surface area contributed by atoms with E-state index >= 15 is 0 Å². The summed E-state index contributed by atoms with van der Waals surface area (Å²) in [5.74, 6) is 0.00231. The summed E-state index contributed by atoms with van der Waals surface area (Å²) >= 11 is 11.7. The van der Waals surface area contributed by atoms with Crippen LogP contribution in [-0.2, 0) is 0 Å². The Bertz CT molecular complexity index is 523. The highest BCUT2D eigenvalue weighted by Gasteiger charge is 2.09. The summed E-state index contributed by atoms with van der Waals surface area (Å²) in [7, 11) is 0. The molecule has 0 bridgehead atoms. The Labute approximate surface area is 102 Å². The molecule has 0 aliphatic carbocycles. The first-order valence-corrected chi connectivity index (χ1v) is 5.28. The van der Waals surface area contributed by atoms with E-state index in [2.05, 4.69) is 9.97 Å². The Morgan fingerprint density at radius 2 is 1.88 bits per heavy atom. The van der Waals surface area contributed by atoms with E-state index in [0.717, 1.165) is 5.69 Å². The van der Waals surface area contributed by atoms with Crippen molar-refractivity contribution >= 4 is 23.2 Å². The Morgan fingerprint density at radius 1 is 1.12 bits per heavy atom. The fourth-order valence-corrected chi connectivity index (χ4v) is 1.81. The summed E-state index contributed by atoms with van der Waals surface area (Å²) in [5.41, 5.74) is 1.30.